The number of carbonyl (C=O) groups excluding carboxylic acids is 1. The first kappa shape index (κ1) is 20.4. The molecule has 2 aromatic carbocycles. The summed E-state index contributed by atoms with van der Waals surface area (Å²) < 4.78 is 27.3. The van der Waals surface area contributed by atoms with Crippen molar-refractivity contribution >= 4 is 27.5 Å². The van der Waals surface area contributed by atoms with Crippen molar-refractivity contribution in [3.63, 3.8) is 0 Å². The van der Waals surface area contributed by atoms with Crippen LogP contribution in [0, 0.1) is 0 Å². The van der Waals surface area contributed by atoms with Crippen molar-refractivity contribution in [2.24, 2.45) is 0 Å². The van der Waals surface area contributed by atoms with Gasteiger partial charge in [0.25, 0.3) is 5.91 Å². The van der Waals surface area contributed by atoms with Crippen molar-refractivity contribution in [1.82, 2.24) is 14.9 Å². The molecule has 0 saturated heterocycles. The van der Waals surface area contributed by atoms with Gasteiger partial charge in [-0.2, -0.15) is 0 Å². The van der Waals surface area contributed by atoms with Gasteiger partial charge in [-0.1, -0.05) is 29.8 Å². The summed E-state index contributed by atoms with van der Waals surface area (Å²) in [6.45, 7) is 1.34. The van der Waals surface area contributed by atoms with E-state index >= 15 is 0 Å². The van der Waals surface area contributed by atoms with E-state index in [-0.39, 0.29) is 17.3 Å². The normalized spacial score (nSPS) is 11.5. The Hall–Kier alpha value is -1.93. The van der Waals surface area contributed by atoms with E-state index in [1.807, 2.05) is 19.0 Å². The number of rotatable bonds is 8. The zero-order valence-corrected chi connectivity index (χ0v) is 16.3. The molecule has 2 rings (SSSR count). The van der Waals surface area contributed by atoms with E-state index in [1.165, 1.54) is 24.3 Å². The van der Waals surface area contributed by atoms with Crippen LogP contribution in [-0.4, -0.2) is 46.4 Å². The molecule has 0 aliphatic carbocycles. The summed E-state index contributed by atoms with van der Waals surface area (Å²) in [5.41, 5.74) is 1.10. The number of sulfonamides is 1. The number of amides is 1. The molecule has 26 heavy (non-hydrogen) atoms. The van der Waals surface area contributed by atoms with Gasteiger partial charge >= 0.3 is 0 Å². The van der Waals surface area contributed by atoms with Gasteiger partial charge in [0.2, 0.25) is 10.0 Å². The lowest BCUT2D eigenvalue weighted by molar-refractivity contribution is 0.0951. The first-order valence-corrected chi connectivity index (χ1v) is 9.92. The molecule has 6 nitrogen and oxygen atoms in total. The minimum atomic E-state index is -3.69. The van der Waals surface area contributed by atoms with Crippen LogP contribution in [-0.2, 0) is 16.6 Å². The molecule has 0 heterocycles. The maximum Gasteiger partial charge on any atom is 0.251 e. The molecule has 2 N–H and O–H groups in total. The van der Waals surface area contributed by atoms with E-state index in [2.05, 4.69) is 10.0 Å². The van der Waals surface area contributed by atoms with Crippen molar-refractivity contribution in [3.8, 4) is 0 Å². The van der Waals surface area contributed by atoms with Crippen LogP contribution in [0.4, 0.5) is 0 Å². The monoisotopic (exact) mass is 395 g/mol. The largest absolute Gasteiger partial charge is 0.351 e. The number of likely N-dealkylation sites (N-methyl/N-ethyl adjacent to an activating group) is 1. The standard InChI is InChI=1S/C18H22ClN3O3S/c1-22(2)12-11-20-18(23)14-7-9-16(10-8-14)26(24,25)21-13-15-5-3-4-6-17(15)19/h3-10,21H,11-13H2,1-2H3,(H,20,23). The van der Waals surface area contributed by atoms with E-state index in [4.69, 9.17) is 11.6 Å². The lowest BCUT2D eigenvalue weighted by Crippen LogP contribution is -2.31. The van der Waals surface area contributed by atoms with Gasteiger partial charge in [-0.25, -0.2) is 13.1 Å². The van der Waals surface area contributed by atoms with Crippen molar-refractivity contribution in [2.45, 2.75) is 11.4 Å². The first-order valence-electron chi connectivity index (χ1n) is 8.05. The highest BCUT2D eigenvalue weighted by atomic mass is 35.5. The topological polar surface area (TPSA) is 78.5 Å². The summed E-state index contributed by atoms with van der Waals surface area (Å²) in [6.07, 6.45) is 0. The zero-order chi connectivity index (χ0) is 19.2. The smallest absolute Gasteiger partial charge is 0.251 e. The molecule has 8 heteroatoms. The molecule has 0 fully saturated rings. The molecule has 0 saturated carbocycles. The predicted octanol–water partition coefficient (Wildman–Crippen LogP) is 2.11. The number of benzene rings is 2. The van der Waals surface area contributed by atoms with Gasteiger partial charge in [-0.05, 0) is 50.0 Å². The molecule has 0 unspecified atom stereocenters. The van der Waals surface area contributed by atoms with Crippen molar-refractivity contribution in [1.29, 1.82) is 0 Å². The van der Waals surface area contributed by atoms with Gasteiger partial charge in [0.1, 0.15) is 0 Å². The van der Waals surface area contributed by atoms with E-state index < -0.39 is 10.0 Å². The van der Waals surface area contributed by atoms with Crippen LogP contribution < -0.4 is 10.0 Å². The van der Waals surface area contributed by atoms with Crippen LogP contribution in [0.2, 0.25) is 5.02 Å². The molecule has 0 spiro atoms. The van der Waals surface area contributed by atoms with Crippen molar-refractivity contribution < 1.29 is 13.2 Å². The Labute approximate surface area is 159 Å². The van der Waals surface area contributed by atoms with Gasteiger partial charge in [0.05, 0.1) is 4.90 Å². The fourth-order valence-electron chi connectivity index (χ4n) is 2.18. The second-order valence-electron chi connectivity index (χ2n) is 6.00. The van der Waals surface area contributed by atoms with Gasteiger partial charge in [-0.15, -0.1) is 0 Å². The predicted molar refractivity (Wildman–Crippen MR) is 103 cm³/mol. The van der Waals surface area contributed by atoms with E-state index in [1.54, 1.807) is 24.3 Å². The number of nitrogens with one attached hydrogen (secondary N) is 2. The lowest BCUT2D eigenvalue weighted by Gasteiger charge is -2.11. The van der Waals surface area contributed by atoms with Gasteiger partial charge < -0.3 is 10.2 Å². The molecule has 0 radical (unpaired) electrons. The van der Waals surface area contributed by atoms with Crippen LogP contribution in [0.5, 0.6) is 0 Å². The molecule has 0 aliphatic rings. The molecular weight excluding hydrogens is 374 g/mol. The summed E-state index contributed by atoms with van der Waals surface area (Å²) in [4.78, 5) is 14.1. The quantitative estimate of drug-likeness (QED) is 0.717. The number of hydrogen-bond donors (Lipinski definition) is 2. The third kappa shape index (κ3) is 5.81. The van der Waals surface area contributed by atoms with Crippen molar-refractivity contribution in [3.05, 3.63) is 64.7 Å². The molecule has 2 aromatic rings. The fraction of sp³-hybridized carbons (Fsp3) is 0.278. The Kier molecular flexibility index (Phi) is 7.16. The summed E-state index contributed by atoms with van der Waals surface area (Å²) in [5.74, 6) is -0.236. The summed E-state index contributed by atoms with van der Waals surface area (Å²) in [5, 5.41) is 3.28. The summed E-state index contributed by atoms with van der Waals surface area (Å²) in [7, 11) is 0.143. The zero-order valence-electron chi connectivity index (χ0n) is 14.7. The second kappa shape index (κ2) is 9.14. The third-order valence-electron chi connectivity index (χ3n) is 3.68. The summed E-state index contributed by atoms with van der Waals surface area (Å²) >= 11 is 6.03. The number of halogens is 1. The Bertz CT molecular complexity index is 852. The molecule has 0 aliphatic heterocycles. The highest BCUT2D eigenvalue weighted by Crippen LogP contribution is 2.16. The number of hydrogen-bond acceptors (Lipinski definition) is 4. The van der Waals surface area contributed by atoms with Crippen LogP contribution in [0.3, 0.4) is 0 Å². The Balaban J connectivity index is 1.99. The molecular formula is C18H22ClN3O3S. The number of nitrogens with zero attached hydrogens (tertiary/aromatic N) is 1. The average Bonchev–Trinajstić information content (AvgIpc) is 2.61. The minimum Gasteiger partial charge on any atom is -0.351 e. The highest BCUT2D eigenvalue weighted by Gasteiger charge is 2.15. The SMILES string of the molecule is CN(C)CCNC(=O)c1ccc(S(=O)(=O)NCc2ccccc2Cl)cc1. The maximum absolute atomic E-state index is 12.4. The third-order valence-corrected chi connectivity index (χ3v) is 5.47. The number of carbonyl (C=O) groups is 1. The molecule has 0 bridgehead atoms. The molecule has 1 amide bonds. The highest BCUT2D eigenvalue weighted by molar-refractivity contribution is 7.89. The minimum absolute atomic E-state index is 0.0920. The fourth-order valence-corrected chi connectivity index (χ4v) is 3.39. The van der Waals surface area contributed by atoms with Crippen molar-refractivity contribution in [2.75, 3.05) is 27.2 Å². The Morgan fingerprint density at radius 3 is 2.35 bits per heavy atom. The van der Waals surface area contributed by atoms with E-state index in [0.717, 1.165) is 6.54 Å². The first-order chi connectivity index (χ1) is 12.3. The second-order valence-corrected chi connectivity index (χ2v) is 8.17. The van der Waals surface area contributed by atoms with Crippen LogP contribution >= 0.6 is 11.6 Å². The van der Waals surface area contributed by atoms with Crippen LogP contribution in [0.25, 0.3) is 0 Å². The molecule has 140 valence electrons. The van der Waals surface area contributed by atoms with E-state index in [0.29, 0.717) is 22.7 Å². The summed E-state index contributed by atoms with van der Waals surface area (Å²) in [6, 6.07) is 12.8. The van der Waals surface area contributed by atoms with Gasteiger partial charge in [0.15, 0.2) is 0 Å². The Morgan fingerprint density at radius 1 is 1.08 bits per heavy atom. The van der Waals surface area contributed by atoms with E-state index in [9.17, 15) is 13.2 Å². The maximum atomic E-state index is 12.4. The Morgan fingerprint density at radius 2 is 1.73 bits per heavy atom. The lowest BCUT2D eigenvalue weighted by atomic mass is 10.2. The van der Waals surface area contributed by atoms with Gasteiger partial charge in [-0.3, -0.25) is 4.79 Å². The van der Waals surface area contributed by atoms with Crippen LogP contribution in [0.1, 0.15) is 15.9 Å². The molecule has 0 atom stereocenters. The van der Waals surface area contributed by atoms with Gasteiger partial charge in [0, 0.05) is 30.2 Å². The average molecular weight is 396 g/mol. The molecule has 0 aromatic heterocycles. The van der Waals surface area contributed by atoms with Crippen LogP contribution in [0.15, 0.2) is 53.4 Å².